The first kappa shape index (κ1) is 17.7. The summed E-state index contributed by atoms with van der Waals surface area (Å²) in [4.78, 5) is 13.7. The van der Waals surface area contributed by atoms with E-state index in [1.54, 1.807) is 0 Å². The van der Waals surface area contributed by atoms with Crippen LogP contribution in [0.25, 0.3) is 0 Å². The molecule has 2 aliphatic heterocycles. The molecular formula is C27H22O4. The molecule has 4 heteroatoms. The minimum atomic E-state index is -0.751. The van der Waals surface area contributed by atoms with Crippen LogP contribution in [0.5, 0.6) is 5.75 Å². The Kier molecular flexibility index (Phi) is 3.59. The Morgan fingerprint density at radius 3 is 2.23 bits per heavy atom. The molecule has 2 fully saturated rings. The summed E-state index contributed by atoms with van der Waals surface area (Å²) >= 11 is 0. The second kappa shape index (κ2) is 6.28. The third-order valence-corrected chi connectivity index (χ3v) is 7.74. The molecule has 0 saturated carbocycles. The fourth-order valence-electron chi connectivity index (χ4n) is 6.67. The highest BCUT2D eigenvalue weighted by Crippen LogP contribution is 2.64. The van der Waals surface area contributed by atoms with E-state index < -0.39 is 11.7 Å². The summed E-state index contributed by atoms with van der Waals surface area (Å²) in [6.45, 7) is 0.887. The Morgan fingerprint density at radius 2 is 1.52 bits per heavy atom. The van der Waals surface area contributed by atoms with E-state index in [9.17, 15) is 4.79 Å². The van der Waals surface area contributed by atoms with Crippen LogP contribution >= 0.6 is 0 Å². The Bertz CT molecular complexity index is 1140. The van der Waals surface area contributed by atoms with Gasteiger partial charge in [0.2, 0.25) is 6.29 Å². The van der Waals surface area contributed by atoms with Gasteiger partial charge in [0.15, 0.2) is 5.78 Å². The molecule has 3 aromatic carbocycles. The Hall–Kier alpha value is -2.95. The van der Waals surface area contributed by atoms with Crippen LogP contribution in [-0.2, 0) is 19.7 Å². The quantitative estimate of drug-likeness (QED) is 0.653. The van der Waals surface area contributed by atoms with E-state index in [2.05, 4.69) is 48.5 Å². The molecule has 8 rings (SSSR count). The molecule has 4 atom stereocenters. The number of hydrogen-bond donors (Lipinski definition) is 0. The van der Waals surface area contributed by atoms with Crippen molar-refractivity contribution in [3.8, 4) is 5.75 Å². The van der Waals surface area contributed by atoms with Gasteiger partial charge in [-0.2, -0.15) is 0 Å². The van der Waals surface area contributed by atoms with Crippen LogP contribution in [0, 0.1) is 11.8 Å². The average molecular weight is 410 g/mol. The maximum atomic E-state index is 13.7. The van der Waals surface area contributed by atoms with E-state index >= 15 is 0 Å². The van der Waals surface area contributed by atoms with Crippen LogP contribution in [0.2, 0.25) is 0 Å². The molecule has 0 amide bonds. The molecule has 4 nitrogen and oxygen atoms in total. The van der Waals surface area contributed by atoms with Crippen LogP contribution in [0.1, 0.15) is 28.2 Å². The maximum absolute atomic E-state index is 13.7. The monoisotopic (exact) mass is 410 g/mol. The average Bonchev–Trinajstić information content (AvgIpc) is 3.27. The third-order valence-electron chi connectivity index (χ3n) is 7.74. The van der Waals surface area contributed by atoms with Crippen molar-refractivity contribution in [3.63, 3.8) is 0 Å². The second-order valence-electron chi connectivity index (χ2n) is 9.02. The molecule has 0 spiro atoms. The van der Waals surface area contributed by atoms with Crippen molar-refractivity contribution in [2.45, 2.75) is 23.7 Å². The number of rotatable bonds is 3. The summed E-state index contributed by atoms with van der Waals surface area (Å²) in [6, 6.07) is 27.0. The summed E-state index contributed by atoms with van der Waals surface area (Å²) < 4.78 is 18.3. The normalized spacial score (nSPS) is 34.1. The lowest BCUT2D eigenvalue weighted by Gasteiger charge is -2.59. The number of ketones is 1. The molecule has 5 aliphatic rings. The van der Waals surface area contributed by atoms with Crippen LogP contribution < -0.4 is 4.74 Å². The smallest absolute Gasteiger partial charge is 0.218 e. The zero-order valence-corrected chi connectivity index (χ0v) is 16.9. The van der Waals surface area contributed by atoms with Gasteiger partial charge in [0.25, 0.3) is 0 Å². The third kappa shape index (κ3) is 2.19. The number of hydrogen-bond acceptors (Lipinski definition) is 4. The van der Waals surface area contributed by atoms with Crippen molar-refractivity contribution < 1.29 is 19.0 Å². The number of benzene rings is 3. The first-order valence-electron chi connectivity index (χ1n) is 11.0. The first-order valence-corrected chi connectivity index (χ1v) is 11.0. The molecule has 2 saturated heterocycles. The van der Waals surface area contributed by atoms with Crippen LogP contribution in [0.3, 0.4) is 0 Å². The van der Waals surface area contributed by atoms with Crippen molar-refractivity contribution in [3.05, 3.63) is 101 Å². The van der Waals surface area contributed by atoms with E-state index in [1.165, 1.54) is 22.3 Å². The molecule has 154 valence electrons. The summed E-state index contributed by atoms with van der Waals surface area (Å²) in [6.07, 6.45) is -0.825. The van der Waals surface area contributed by atoms with Crippen molar-refractivity contribution in [2.75, 3.05) is 13.2 Å². The zero-order valence-electron chi connectivity index (χ0n) is 16.9. The number of ether oxygens (including phenoxy) is 3. The molecule has 0 radical (unpaired) electrons. The van der Waals surface area contributed by atoms with Gasteiger partial charge in [0, 0.05) is 17.8 Å². The topological polar surface area (TPSA) is 44.8 Å². The summed E-state index contributed by atoms with van der Waals surface area (Å²) in [5.74, 6) is 0.833. The van der Waals surface area contributed by atoms with Gasteiger partial charge < -0.3 is 14.2 Å². The van der Waals surface area contributed by atoms with Crippen LogP contribution in [-0.4, -0.2) is 31.4 Å². The molecule has 3 aromatic rings. The minimum absolute atomic E-state index is 0.0513. The van der Waals surface area contributed by atoms with E-state index in [0.29, 0.717) is 13.2 Å². The molecular weight excluding hydrogens is 388 g/mol. The van der Waals surface area contributed by atoms with Gasteiger partial charge in [0.05, 0.1) is 18.1 Å². The molecule has 2 unspecified atom stereocenters. The van der Waals surface area contributed by atoms with E-state index in [1.807, 2.05) is 30.3 Å². The SMILES string of the molecule is O=C1C2OCC(O2)[C@H]2C3c4ccccc4C(COc4ccccc4)(c4ccccc43)[C@@H]12. The first-order chi connectivity index (χ1) is 15.3. The summed E-state index contributed by atoms with van der Waals surface area (Å²) in [5, 5.41) is 0. The molecule has 0 aromatic heterocycles. The Labute approximate surface area is 180 Å². The van der Waals surface area contributed by atoms with E-state index in [-0.39, 0.29) is 29.6 Å². The number of carbonyl (C=O) groups is 1. The Balaban J connectivity index is 1.49. The molecule has 2 heterocycles. The largest absolute Gasteiger partial charge is 0.492 e. The van der Waals surface area contributed by atoms with E-state index in [4.69, 9.17) is 14.2 Å². The number of carbonyl (C=O) groups excluding carboxylic acids is 1. The van der Waals surface area contributed by atoms with Gasteiger partial charge in [-0.25, -0.2) is 0 Å². The summed E-state index contributed by atoms with van der Waals surface area (Å²) in [5.41, 5.74) is 4.45. The van der Waals surface area contributed by atoms with Gasteiger partial charge in [-0.05, 0) is 34.4 Å². The lowest BCUT2D eigenvalue weighted by molar-refractivity contribution is -0.174. The molecule has 31 heavy (non-hydrogen) atoms. The highest BCUT2D eigenvalue weighted by atomic mass is 16.7. The lowest BCUT2D eigenvalue weighted by atomic mass is 9.45. The van der Waals surface area contributed by atoms with Gasteiger partial charge in [0.1, 0.15) is 12.4 Å². The van der Waals surface area contributed by atoms with Crippen LogP contribution in [0.4, 0.5) is 0 Å². The predicted molar refractivity (Wildman–Crippen MR) is 114 cm³/mol. The van der Waals surface area contributed by atoms with Gasteiger partial charge >= 0.3 is 0 Å². The van der Waals surface area contributed by atoms with Gasteiger partial charge in [-0.15, -0.1) is 0 Å². The molecule has 0 N–H and O–H groups in total. The fraction of sp³-hybridized carbons (Fsp3) is 0.296. The highest BCUT2D eigenvalue weighted by Gasteiger charge is 2.67. The maximum Gasteiger partial charge on any atom is 0.218 e. The summed E-state index contributed by atoms with van der Waals surface area (Å²) in [7, 11) is 0. The van der Waals surface area contributed by atoms with Crippen molar-refractivity contribution >= 4 is 5.78 Å². The Morgan fingerprint density at radius 1 is 0.871 bits per heavy atom. The van der Waals surface area contributed by atoms with Gasteiger partial charge in [-0.1, -0.05) is 66.7 Å². The second-order valence-corrected chi connectivity index (χ2v) is 9.02. The van der Waals surface area contributed by atoms with Crippen molar-refractivity contribution in [2.24, 2.45) is 11.8 Å². The number of Topliss-reactive ketones (excluding diaryl/α,β-unsaturated/α-hetero) is 1. The standard InChI is InChI=1S/C27H22O4/c28-25-24-23(21-14-29-26(25)31-21)22-17-10-4-6-12-19(17)27(24,20-13-7-5-11-18(20)22)15-30-16-8-2-1-3-9-16/h1-13,21-24,26H,14-15H2/t21?,22?,23-,24+,26?,27?/m0/s1. The fourth-order valence-corrected chi connectivity index (χ4v) is 6.67. The lowest BCUT2D eigenvalue weighted by Crippen LogP contribution is -2.63. The highest BCUT2D eigenvalue weighted by molar-refractivity contribution is 5.90. The predicted octanol–water partition coefficient (Wildman–Crippen LogP) is 4.07. The minimum Gasteiger partial charge on any atom is -0.492 e. The van der Waals surface area contributed by atoms with Crippen molar-refractivity contribution in [1.29, 1.82) is 0 Å². The van der Waals surface area contributed by atoms with Gasteiger partial charge in [-0.3, -0.25) is 4.79 Å². The number of fused-ring (bicyclic) bond motifs is 2. The van der Waals surface area contributed by atoms with Crippen LogP contribution in [0.15, 0.2) is 78.9 Å². The molecule has 3 aliphatic carbocycles. The molecule has 4 bridgehead atoms. The van der Waals surface area contributed by atoms with Crippen molar-refractivity contribution in [1.82, 2.24) is 0 Å². The zero-order chi connectivity index (χ0) is 20.6. The number of para-hydroxylation sites is 1. The van der Waals surface area contributed by atoms with E-state index in [0.717, 1.165) is 5.75 Å².